The van der Waals surface area contributed by atoms with E-state index in [0.29, 0.717) is 18.0 Å². The number of hydrogen-bond acceptors (Lipinski definition) is 6. The molecule has 0 aliphatic heterocycles. The SMILES string of the molecule is CC(=O)Nc1ccc(OCC(O)CN(C)C(C)c2cccc([N+](=O)[O-])c2)cc1. The van der Waals surface area contributed by atoms with Gasteiger partial charge < -0.3 is 15.2 Å². The largest absolute Gasteiger partial charge is 0.491 e. The Morgan fingerprint density at radius 2 is 1.96 bits per heavy atom. The molecule has 0 radical (unpaired) electrons. The molecule has 2 unspecified atom stereocenters. The molecule has 2 atom stereocenters. The van der Waals surface area contributed by atoms with E-state index in [4.69, 9.17) is 4.74 Å². The molecule has 0 aliphatic carbocycles. The third-order valence-electron chi connectivity index (χ3n) is 4.34. The molecule has 2 aromatic carbocycles. The lowest BCUT2D eigenvalue weighted by Gasteiger charge is -2.27. The van der Waals surface area contributed by atoms with E-state index in [0.717, 1.165) is 5.56 Å². The minimum absolute atomic E-state index is 0.0457. The fourth-order valence-corrected chi connectivity index (χ4v) is 2.73. The van der Waals surface area contributed by atoms with Crippen molar-refractivity contribution >= 4 is 17.3 Å². The number of nitro groups is 1. The lowest BCUT2D eigenvalue weighted by atomic mass is 10.1. The van der Waals surface area contributed by atoms with Crippen molar-refractivity contribution in [3.63, 3.8) is 0 Å². The number of non-ortho nitro benzene ring substituents is 1. The zero-order valence-electron chi connectivity index (χ0n) is 16.2. The van der Waals surface area contributed by atoms with Gasteiger partial charge in [0, 0.05) is 37.3 Å². The Morgan fingerprint density at radius 3 is 2.57 bits per heavy atom. The van der Waals surface area contributed by atoms with Crippen LogP contribution in [0.5, 0.6) is 5.75 Å². The highest BCUT2D eigenvalue weighted by molar-refractivity contribution is 5.88. The number of nitrogens with zero attached hydrogens (tertiary/aromatic N) is 2. The van der Waals surface area contributed by atoms with Crippen LogP contribution in [0.15, 0.2) is 48.5 Å². The summed E-state index contributed by atoms with van der Waals surface area (Å²) in [7, 11) is 1.84. The highest BCUT2D eigenvalue weighted by atomic mass is 16.6. The molecule has 0 saturated carbocycles. The molecule has 8 heteroatoms. The number of aliphatic hydroxyl groups is 1. The number of hydrogen-bond donors (Lipinski definition) is 2. The van der Waals surface area contributed by atoms with Crippen LogP contribution in [0.1, 0.15) is 25.5 Å². The highest BCUT2D eigenvalue weighted by Crippen LogP contribution is 2.23. The Morgan fingerprint density at radius 1 is 1.29 bits per heavy atom. The second-order valence-electron chi connectivity index (χ2n) is 6.64. The van der Waals surface area contributed by atoms with Crippen LogP contribution < -0.4 is 10.1 Å². The lowest BCUT2D eigenvalue weighted by molar-refractivity contribution is -0.384. The summed E-state index contributed by atoms with van der Waals surface area (Å²) in [5.74, 6) is 0.438. The van der Waals surface area contributed by atoms with Crippen molar-refractivity contribution in [3.8, 4) is 5.75 Å². The number of aliphatic hydroxyl groups excluding tert-OH is 1. The summed E-state index contributed by atoms with van der Waals surface area (Å²) in [5, 5.41) is 23.9. The van der Waals surface area contributed by atoms with Gasteiger partial charge in [-0.1, -0.05) is 12.1 Å². The van der Waals surface area contributed by atoms with Gasteiger partial charge in [-0.15, -0.1) is 0 Å². The van der Waals surface area contributed by atoms with Gasteiger partial charge in [0.1, 0.15) is 18.5 Å². The fourth-order valence-electron chi connectivity index (χ4n) is 2.73. The van der Waals surface area contributed by atoms with Crippen molar-refractivity contribution in [2.75, 3.05) is 25.5 Å². The van der Waals surface area contributed by atoms with Crippen molar-refractivity contribution in [2.45, 2.75) is 26.0 Å². The Kier molecular flexibility index (Phi) is 7.48. The quantitative estimate of drug-likeness (QED) is 0.506. The monoisotopic (exact) mass is 387 g/mol. The molecular formula is C20H25N3O5. The molecular weight excluding hydrogens is 362 g/mol. The first kappa shape index (κ1) is 21.3. The maximum atomic E-state index is 11.0. The smallest absolute Gasteiger partial charge is 0.269 e. The van der Waals surface area contributed by atoms with Gasteiger partial charge in [-0.05, 0) is 43.8 Å². The van der Waals surface area contributed by atoms with E-state index in [9.17, 15) is 20.0 Å². The summed E-state index contributed by atoms with van der Waals surface area (Å²) >= 11 is 0. The predicted octanol–water partition coefficient (Wildman–Crippen LogP) is 2.99. The van der Waals surface area contributed by atoms with E-state index in [-0.39, 0.29) is 24.2 Å². The number of likely N-dealkylation sites (N-methyl/N-ethyl adjacent to an activating group) is 1. The van der Waals surface area contributed by atoms with Crippen molar-refractivity contribution in [3.05, 3.63) is 64.2 Å². The van der Waals surface area contributed by atoms with E-state index in [2.05, 4.69) is 5.32 Å². The van der Waals surface area contributed by atoms with Crippen LogP contribution in [0, 0.1) is 10.1 Å². The van der Waals surface area contributed by atoms with Crippen molar-refractivity contribution in [2.24, 2.45) is 0 Å². The van der Waals surface area contributed by atoms with Crippen LogP contribution in [-0.4, -0.2) is 47.1 Å². The molecule has 2 aromatic rings. The molecule has 0 aliphatic rings. The summed E-state index contributed by atoms with van der Waals surface area (Å²) in [4.78, 5) is 23.4. The molecule has 0 fully saturated rings. The Bertz CT molecular complexity index is 810. The molecule has 2 N–H and O–H groups in total. The number of carbonyl (C=O) groups is 1. The van der Waals surface area contributed by atoms with Crippen LogP contribution in [0.4, 0.5) is 11.4 Å². The topological polar surface area (TPSA) is 105 Å². The molecule has 0 aromatic heterocycles. The summed E-state index contributed by atoms with van der Waals surface area (Å²) in [6.07, 6.45) is -0.735. The second-order valence-corrected chi connectivity index (χ2v) is 6.64. The van der Waals surface area contributed by atoms with Crippen LogP contribution >= 0.6 is 0 Å². The number of amides is 1. The van der Waals surface area contributed by atoms with Crippen molar-refractivity contribution in [1.29, 1.82) is 0 Å². The molecule has 28 heavy (non-hydrogen) atoms. The summed E-state index contributed by atoms with van der Waals surface area (Å²) < 4.78 is 5.59. The number of carbonyl (C=O) groups excluding carboxylic acids is 1. The second kappa shape index (κ2) is 9.82. The number of anilines is 1. The number of nitro benzene ring substituents is 1. The van der Waals surface area contributed by atoms with E-state index >= 15 is 0 Å². The number of ether oxygens (including phenoxy) is 1. The Labute approximate surface area is 163 Å². The number of benzene rings is 2. The average Bonchev–Trinajstić information content (AvgIpc) is 2.66. The Hall–Kier alpha value is -2.97. The first-order valence-corrected chi connectivity index (χ1v) is 8.89. The van der Waals surface area contributed by atoms with E-state index in [1.165, 1.54) is 13.0 Å². The van der Waals surface area contributed by atoms with Crippen LogP contribution in [0.2, 0.25) is 0 Å². The zero-order chi connectivity index (χ0) is 20.7. The molecule has 1 amide bonds. The predicted molar refractivity (Wildman–Crippen MR) is 106 cm³/mol. The zero-order valence-corrected chi connectivity index (χ0v) is 16.2. The summed E-state index contributed by atoms with van der Waals surface area (Å²) in [6, 6.07) is 13.2. The first-order valence-electron chi connectivity index (χ1n) is 8.89. The van der Waals surface area contributed by atoms with Crippen LogP contribution in [-0.2, 0) is 4.79 Å². The third-order valence-corrected chi connectivity index (χ3v) is 4.34. The van der Waals surface area contributed by atoms with E-state index < -0.39 is 11.0 Å². The third kappa shape index (κ3) is 6.33. The van der Waals surface area contributed by atoms with Gasteiger partial charge >= 0.3 is 0 Å². The normalized spacial score (nSPS) is 13.0. The molecule has 150 valence electrons. The molecule has 0 saturated heterocycles. The van der Waals surface area contributed by atoms with Gasteiger partial charge in [-0.3, -0.25) is 19.8 Å². The van der Waals surface area contributed by atoms with E-state index in [1.807, 2.05) is 24.9 Å². The Balaban J connectivity index is 1.86. The molecule has 8 nitrogen and oxygen atoms in total. The molecule has 0 heterocycles. The van der Waals surface area contributed by atoms with Gasteiger partial charge in [0.15, 0.2) is 0 Å². The summed E-state index contributed by atoms with van der Waals surface area (Å²) in [5.41, 5.74) is 1.52. The first-order chi connectivity index (χ1) is 13.3. The van der Waals surface area contributed by atoms with Gasteiger partial charge in [0.05, 0.1) is 4.92 Å². The maximum absolute atomic E-state index is 11.0. The van der Waals surface area contributed by atoms with Gasteiger partial charge in [-0.2, -0.15) is 0 Å². The summed E-state index contributed by atoms with van der Waals surface area (Å²) in [6.45, 7) is 3.80. The lowest BCUT2D eigenvalue weighted by Crippen LogP contribution is -2.34. The molecule has 2 rings (SSSR count). The van der Waals surface area contributed by atoms with Gasteiger partial charge in [-0.25, -0.2) is 0 Å². The van der Waals surface area contributed by atoms with Gasteiger partial charge in [0.2, 0.25) is 5.91 Å². The molecule has 0 bridgehead atoms. The maximum Gasteiger partial charge on any atom is 0.269 e. The van der Waals surface area contributed by atoms with Gasteiger partial charge in [0.25, 0.3) is 5.69 Å². The number of nitrogens with one attached hydrogen (secondary N) is 1. The van der Waals surface area contributed by atoms with Crippen LogP contribution in [0.3, 0.4) is 0 Å². The minimum atomic E-state index is -0.735. The fraction of sp³-hybridized carbons (Fsp3) is 0.350. The van der Waals surface area contributed by atoms with Crippen LogP contribution in [0.25, 0.3) is 0 Å². The van der Waals surface area contributed by atoms with Crippen molar-refractivity contribution < 1.29 is 19.6 Å². The standard InChI is InChI=1S/C20H25N3O5/c1-14(16-5-4-6-18(11-16)23(26)27)22(3)12-19(25)13-28-20-9-7-17(8-10-20)21-15(2)24/h4-11,14,19,25H,12-13H2,1-3H3,(H,21,24). The minimum Gasteiger partial charge on any atom is -0.491 e. The molecule has 0 spiro atoms. The highest BCUT2D eigenvalue weighted by Gasteiger charge is 2.18. The van der Waals surface area contributed by atoms with E-state index in [1.54, 1.807) is 36.4 Å². The number of rotatable bonds is 9. The average molecular weight is 387 g/mol. The van der Waals surface area contributed by atoms with Crippen molar-refractivity contribution in [1.82, 2.24) is 4.90 Å².